The van der Waals surface area contributed by atoms with Gasteiger partial charge in [0, 0.05) is 17.3 Å². The van der Waals surface area contributed by atoms with E-state index >= 15 is 0 Å². The number of nitrogens with two attached hydrogens (primary N) is 1. The van der Waals surface area contributed by atoms with Gasteiger partial charge in [0.05, 0.1) is 0 Å². The number of pyridine rings is 1. The van der Waals surface area contributed by atoms with Crippen molar-refractivity contribution in [1.29, 1.82) is 0 Å². The number of anilines is 1. The molecule has 0 aliphatic carbocycles. The molecule has 1 aromatic heterocycles. The van der Waals surface area contributed by atoms with Crippen LogP contribution in [0.1, 0.15) is 32.0 Å². The Labute approximate surface area is 79.0 Å². The first kappa shape index (κ1) is 11.9. The predicted molar refractivity (Wildman–Crippen MR) is 54.1 cm³/mol. The Morgan fingerprint density at radius 1 is 1.46 bits per heavy atom. The van der Waals surface area contributed by atoms with Crippen LogP contribution in [0.25, 0.3) is 0 Å². The van der Waals surface area contributed by atoms with E-state index in [1.807, 2.05) is 20.8 Å². The summed E-state index contributed by atoms with van der Waals surface area (Å²) >= 11 is 0. The van der Waals surface area contributed by atoms with Crippen molar-refractivity contribution in [2.75, 3.05) is 5.73 Å². The van der Waals surface area contributed by atoms with E-state index in [0.29, 0.717) is 17.7 Å². The molecule has 74 valence electrons. The maximum absolute atomic E-state index is 13.0. The maximum Gasteiger partial charge on any atom is 0.131 e. The highest BCUT2D eigenvalue weighted by molar-refractivity contribution is 5.34. The standard InChI is InChI=1S/C8H11FN2.C2H6/c1-3-6-5(2)11-8(10)4-7(6)9;1-2/h4H,3H2,1-2H3,(H2,10,11);1-2H3. The number of rotatable bonds is 1. The van der Waals surface area contributed by atoms with Crippen LogP contribution in [0.3, 0.4) is 0 Å². The Balaban J connectivity index is 0.000000671. The van der Waals surface area contributed by atoms with Gasteiger partial charge >= 0.3 is 0 Å². The van der Waals surface area contributed by atoms with Gasteiger partial charge in [0.1, 0.15) is 11.6 Å². The van der Waals surface area contributed by atoms with Gasteiger partial charge in [0.25, 0.3) is 0 Å². The predicted octanol–water partition coefficient (Wildman–Crippen LogP) is 2.70. The molecule has 2 N–H and O–H groups in total. The largest absolute Gasteiger partial charge is 0.384 e. The van der Waals surface area contributed by atoms with Crippen LogP contribution in [-0.4, -0.2) is 4.98 Å². The zero-order chi connectivity index (χ0) is 10.4. The molecule has 0 radical (unpaired) electrons. The van der Waals surface area contributed by atoms with Crippen molar-refractivity contribution in [3.05, 3.63) is 23.1 Å². The SMILES string of the molecule is CC.CCc1c(F)cc(N)nc1C. The second kappa shape index (κ2) is 5.51. The van der Waals surface area contributed by atoms with Crippen LogP contribution in [-0.2, 0) is 6.42 Å². The number of nitrogen functional groups attached to an aromatic ring is 1. The highest BCUT2D eigenvalue weighted by Gasteiger charge is 2.05. The first-order valence-corrected chi connectivity index (χ1v) is 4.56. The van der Waals surface area contributed by atoms with E-state index in [9.17, 15) is 4.39 Å². The van der Waals surface area contributed by atoms with E-state index in [-0.39, 0.29) is 11.6 Å². The third-order valence-corrected chi connectivity index (χ3v) is 1.65. The second-order valence-corrected chi connectivity index (χ2v) is 2.45. The number of nitrogens with zero attached hydrogens (tertiary/aromatic N) is 1. The molecule has 0 aromatic carbocycles. The van der Waals surface area contributed by atoms with Crippen LogP contribution in [0, 0.1) is 12.7 Å². The lowest BCUT2D eigenvalue weighted by Gasteiger charge is -2.03. The lowest BCUT2D eigenvalue weighted by molar-refractivity contribution is 0.607. The van der Waals surface area contributed by atoms with Crippen molar-refractivity contribution >= 4 is 5.82 Å². The van der Waals surface area contributed by atoms with E-state index in [1.165, 1.54) is 6.07 Å². The number of hydrogen-bond acceptors (Lipinski definition) is 2. The molecule has 0 atom stereocenters. The highest BCUT2D eigenvalue weighted by Crippen LogP contribution is 2.13. The van der Waals surface area contributed by atoms with Gasteiger partial charge in [-0.15, -0.1) is 0 Å². The topological polar surface area (TPSA) is 38.9 Å². The van der Waals surface area contributed by atoms with Gasteiger partial charge in [-0.2, -0.15) is 0 Å². The van der Waals surface area contributed by atoms with E-state index in [2.05, 4.69) is 4.98 Å². The van der Waals surface area contributed by atoms with Crippen LogP contribution in [0.2, 0.25) is 0 Å². The summed E-state index contributed by atoms with van der Waals surface area (Å²) in [5.41, 5.74) is 6.67. The van der Waals surface area contributed by atoms with Gasteiger partial charge < -0.3 is 5.73 Å². The number of hydrogen-bond donors (Lipinski definition) is 1. The fourth-order valence-electron chi connectivity index (χ4n) is 1.11. The quantitative estimate of drug-likeness (QED) is 0.728. The van der Waals surface area contributed by atoms with Crippen molar-refractivity contribution in [3.63, 3.8) is 0 Å². The lowest BCUT2D eigenvalue weighted by Crippen LogP contribution is -2.00. The smallest absolute Gasteiger partial charge is 0.131 e. The highest BCUT2D eigenvalue weighted by atomic mass is 19.1. The molecule has 0 amide bonds. The van der Waals surface area contributed by atoms with E-state index in [1.54, 1.807) is 6.92 Å². The molecule has 1 rings (SSSR count). The zero-order valence-corrected chi connectivity index (χ0v) is 8.69. The minimum absolute atomic E-state index is 0.247. The fraction of sp³-hybridized carbons (Fsp3) is 0.500. The number of aromatic nitrogens is 1. The molecule has 0 aliphatic heterocycles. The molecule has 3 heteroatoms. The zero-order valence-electron chi connectivity index (χ0n) is 8.69. The molecule has 1 aromatic rings. The minimum Gasteiger partial charge on any atom is -0.384 e. The Morgan fingerprint density at radius 2 is 2.00 bits per heavy atom. The summed E-state index contributed by atoms with van der Waals surface area (Å²) in [4.78, 5) is 3.94. The molecule has 0 saturated heterocycles. The summed E-state index contributed by atoms with van der Waals surface area (Å²) < 4.78 is 13.0. The molecule has 0 aliphatic rings. The second-order valence-electron chi connectivity index (χ2n) is 2.45. The molecule has 1 heterocycles. The summed E-state index contributed by atoms with van der Waals surface area (Å²) in [6, 6.07) is 1.26. The molecule has 0 unspecified atom stereocenters. The van der Waals surface area contributed by atoms with Crippen LogP contribution in [0.4, 0.5) is 10.2 Å². The minimum atomic E-state index is -0.252. The van der Waals surface area contributed by atoms with Gasteiger partial charge in [0.2, 0.25) is 0 Å². The third kappa shape index (κ3) is 3.01. The fourth-order valence-corrected chi connectivity index (χ4v) is 1.11. The van der Waals surface area contributed by atoms with Gasteiger partial charge in [-0.3, -0.25) is 0 Å². The first-order valence-electron chi connectivity index (χ1n) is 4.56. The van der Waals surface area contributed by atoms with Crippen molar-refractivity contribution in [1.82, 2.24) is 4.98 Å². The van der Waals surface area contributed by atoms with Crippen molar-refractivity contribution in [2.45, 2.75) is 34.1 Å². The molecule has 0 saturated carbocycles. The Bertz CT molecular complexity index is 249. The Kier molecular flexibility index (Phi) is 5.04. The molecule has 0 fully saturated rings. The molecule has 2 nitrogen and oxygen atoms in total. The molecule has 13 heavy (non-hydrogen) atoms. The molecule has 0 spiro atoms. The van der Waals surface area contributed by atoms with Gasteiger partial charge in [-0.05, 0) is 13.3 Å². The van der Waals surface area contributed by atoms with Crippen molar-refractivity contribution < 1.29 is 4.39 Å². The van der Waals surface area contributed by atoms with E-state index < -0.39 is 0 Å². The molecular weight excluding hydrogens is 167 g/mol. The normalized spacial score (nSPS) is 9.00. The Morgan fingerprint density at radius 3 is 2.38 bits per heavy atom. The average molecular weight is 184 g/mol. The molecular formula is C10H17FN2. The van der Waals surface area contributed by atoms with Crippen molar-refractivity contribution in [2.24, 2.45) is 0 Å². The third-order valence-electron chi connectivity index (χ3n) is 1.65. The summed E-state index contributed by atoms with van der Waals surface area (Å²) in [5.74, 6) is -0.00491. The van der Waals surface area contributed by atoms with Gasteiger partial charge in [-0.25, -0.2) is 9.37 Å². The first-order chi connectivity index (χ1) is 6.15. The van der Waals surface area contributed by atoms with Crippen LogP contribution in [0.15, 0.2) is 6.07 Å². The number of halogens is 1. The average Bonchev–Trinajstić information content (AvgIpc) is 2.07. The van der Waals surface area contributed by atoms with E-state index in [0.717, 1.165) is 0 Å². The van der Waals surface area contributed by atoms with Gasteiger partial charge in [-0.1, -0.05) is 20.8 Å². The maximum atomic E-state index is 13.0. The summed E-state index contributed by atoms with van der Waals surface area (Å²) in [5, 5.41) is 0. The Hall–Kier alpha value is -1.12. The summed E-state index contributed by atoms with van der Waals surface area (Å²) in [6.07, 6.45) is 0.658. The van der Waals surface area contributed by atoms with Crippen LogP contribution in [0.5, 0.6) is 0 Å². The lowest BCUT2D eigenvalue weighted by atomic mass is 10.1. The van der Waals surface area contributed by atoms with E-state index in [4.69, 9.17) is 5.73 Å². The molecule has 0 bridgehead atoms. The monoisotopic (exact) mass is 184 g/mol. The van der Waals surface area contributed by atoms with Crippen LogP contribution >= 0.6 is 0 Å². The van der Waals surface area contributed by atoms with Crippen molar-refractivity contribution in [3.8, 4) is 0 Å². The summed E-state index contributed by atoms with van der Waals surface area (Å²) in [6.45, 7) is 7.65. The summed E-state index contributed by atoms with van der Waals surface area (Å²) in [7, 11) is 0. The van der Waals surface area contributed by atoms with Crippen LogP contribution < -0.4 is 5.73 Å². The number of aryl methyl sites for hydroxylation is 1. The van der Waals surface area contributed by atoms with Gasteiger partial charge in [0.15, 0.2) is 0 Å².